The van der Waals surface area contributed by atoms with Gasteiger partial charge in [0.15, 0.2) is 0 Å². The largest absolute Gasteiger partial charge is 0.490 e. The van der Waals surface area contributed by atoms with E-state index in [9.17, 15) is 4.79 Å². The molecule has 0 radical (unpaired) electrons. The average molecular weight is 244 g/mol. The van der Waals surface area contributed by atoms with Gasteiger partial charge in [-0.3, -0.25) is 4.79 Å². The van der Waals surface area contributed by atoms with Crippen molar-refractivity contribution in [2.75, 3.05) is 7.11 Å². The van der Waals surface area contributed by atoms with Crippen molar-refractivity contribution in [2.24, 2.45) is 0 Å². The summed E-state index contributed by atoms with van der Waals surface area (Å²) < 4.78 is 5.15. The Balaban J connectivity index is 2.73. The molecule has 0 atom stereocenters. The fraction of sp³-hybridized carbons (Fsp3) is 0.286. The van der Waals surface area contributed by atoms with Crippen LogP contribution in [0.5, 0.6) is 5.75 Å². The fourth-order valence-corrected chi connectivity index (χ4v) is 1.98. The molecule has 1 aromatic heterocycles. The van der Waals surface area contributed by atoms with Crippen molar-refractivity contribution in [3.8, 4) is 17.0 Å². The quantitative estimate of drug-likeness (QED) is 0.882. The van der Waals surface area contributed by atoms with Crippen molar-refractivity contribution >= 4 is 0 Å². The topological polar surface area (TPSA) is 55.0 Å². The predicted octanol–water partition coefficient (Wildman–Crippen LogP) is 2.37. The van der Waals surface area contributed by atoms with Gasteiger partial charge < -0.3 is 9.72 Å². The zero-order chi connectivity index (χ0) is 13.3. The summed E-state index contributed by atoms with van der Waals surface area (Å²) in [4.78, 5) is 18.4. The molecule has 0 aliphatic rings. The molecule has 4 nitrogen and oxygen atoms in total. The molecular weight excluding hydrogens is 228 g/mol. The van der Waals surface area contributed by atoms with Gasteiger partial charge in [0, 0.05) is 5.56 Å². The molecule has 1 N–H and O–H groups in total. The lowest BCUT2D eigenvalue weighted by Gasteiger charge is -2.11. The van der Waals surface area contributed by atoms with Gasteiger partial charge in [0.1, 0.15) is 5.69 Å². The molecule has 0 aliphatic carbocycles. The molecule has 0 spiro atoms. The fourth-order valence-electron chi connectivity index (χ4n) is 1.98. The maximum absolute atomic E-state index is 11.7. The Labute approximate surface area is 106 Å². The maximum Gasteiger partial charge on any atom is 0.293 e. The molecule has 0 saturated carbocycles. The van der Waals surface area contributed by atoms with E-state index in [4.69, 9.17) is 4.74 Å². The van der Waals surface area contributed by atoms with Crippen molar-refractivity contribution in [1.29, 1.82) is 0 Å². The van der Waals surface area contributed by atoms with E-state index in [0.717, 1.165) is 11.1 Å². The number of aryl methyl sites for hydroxylation is 3. The van der Waals surface area contributed by atoms with E-state index in [-0.39, 0.29) is 11.3 Å². The number of rotatable bonds is 2. The minimum atomic E-state index is -0.264. The maximum atomic E-state index is 11.7. The highest BCUT2D eigenvalue weighted by atomic mass is 16.5. The third kappa shape index (κ3) is 2.01. The van der Waals surface area contributed by atoms with E-state index in [1.165, 1.54) is 24.6 Å². The van der Waals surface area contributed by atoms with Crippen LogP contribution in [-0.4, -0.2) is 17.1 Å². The second-order valence-electron chi connectivity index (χ2n) is 4.36. The summed E-state index contributed by atoms with van der Waals surface area (Å²) in [5.74, 6) is 0.254. The summed E-state index contributed by atoms with van der Waals surface area (Å²) in [5.41, 5.74) is 4.72. The summed E-state index contributed by atoms with van der Waals surface area (Å²) in [5, 5.41) is 0. The standard InChI is InChI=1S/C14H16N2O2/c1-8-5-10(3)11(6-9(8)2)12-13(18-4)14(17)16-7-15-12/h5-7H,1-4H3,(H,15,16,17). The van der Waals surface area contributed by atoms with E-state index in [1.807, 2.05) is 19.9 Å². The Morgan fingerprint density at radius 2 is 1.78 bits per heavy atom. The van der Waals surface area contributed by atoms with Gasteiger partial charge in [-0.15, -0.1) is 0 Å². The van der Waals surface area contributed by atoms with Crippen LogP contribution in [-0.2, 0) is 0 Å². The molecular formula is C14H16N2O2. The van der Waals surface area contributed by atoms with Crippen LogP contribution in [0.1, 0.15) is 16.7 Å². The molecule has 2 rings (SSSR count). The van der Waals surface area contributed by atoms with Crippen LogP contribution in [0.2, 0.25) is 0 Å². The lowest BCUT2D eigenvalue weighted by atomic mass is 9.98. The highest BCUT2D eigenvalue weighted by molar-refractivity contribution is 5.70. The number of benzene rings is 1. The van der Waals surface area contributed by atoms with Crippen molar-refractivity contribution in [3.05, 3.63) is 45.5 Å². The lowest BCUT2D eigenvalue weighted by molar-refractivity contribution is 0.408. The molecule has 0 saturated heterocycles. The number of aromatic amines is 1. The van der Waals surface area contributed by atoms with Crippen molar-refractivity contribution in [2.45, 2.75) is 20.8 Å². The van der Waals surface area contributed by atoms with Crippen LogP contribution in [0.3, 0.4) is 0 Å². The predicted molar refractivity (Wildman–Crippen MR) is 71.1 cm³/mol. The van der Waals surface area contributed by atoms with Crippen LogP contribution in [0.15, 0.2) is 23.3 Å². The third-order valence-corrected chi connectivity index (χ3v) is 3.11. The Hall–Kier alpha value is -2.10. The van der Waals surface area contributed by atoms with Crippen LogP contribution in [0, 0.1) is 20.8 Å². The van der Waals surface area contributed by atoms with Gasteiger partial charge in [-0.25, -0.2) is 4.98 Å². The second-order valence-corrected chi connectivity index (χ2v) is 4.36. The SMILES string of the molecule is COc1c(-c2cc(C)c(C)cc2C)nc[nH]c1=O. The van der Waals surface area contributed by atoms with Crippen LogP contribution in [0.4, 0.5) is 0 Å². The first-order valence-corrected chi connectivity index (χ1v) is 5.74. The number of hydrogen-bond acceptors (Lipinski definition) is 3. The van der Waals surface area contributed by atoms with Crippen molar-refractivity contribution < 1.29 is 4.74 Å². The van der Waals surface area contributed by atoms with Gasteiger partial charge in [-0.2, -0.15) is 0 Å². The molecule has 94 valence electrons. The third-order valence-electron chi connectivity index (χ3n) is 3.11. The Morgan fingerprint density at radius 1 is 1.11 bits per heavy atom. The van der Waals surface area contributed by atoms with E-state index in [0.29, 0.717) is 5.69 Å². The van der Waals surface area contributed by atoms with Crippen molar-refractivity contribution in [3.63, 3.8) is 0 Å². The highest BCUT2D eigenvalue weighted by Gasteiger charge is 2.14. The van der Waals surface area contributed by atoms with Crippen LogP contribution in [0.25, 0.3) is 11.3 Å². The second kappa shape index (κ2) is 4.64. The summed E-state index contributed by atoms with van der Waals surface area (Å²) in [6.07, 6.45) is 1.40. The molecule has 1 heterocycles. The summed E-state index contributed by atoms with van der Waals surface area (Å²) in [6, 6.07) is 4.13. The van der Waals surface area contributed by atoms with E-state index in [1.54, 1.807) is 0 Å². The average Bonchev–Trinajstić information content (AvgIpc) is 2.33. The number of H-pyrrole nitrogens is 1. The van der Waals surface area contributed by atoms with E-state index >= 15 is 0 Å². The molecule has 0 bridgehead atoms. The summed E-state index contributed by atoms with van der Waals surface area (Å²) >= 11 is 0. The highest BCUT2D eigenvalue weighted by Crippen LogP contribution is 2.29. The number of ether oxygens (including phenoxy) is 1. The minimum Gasteiger partial charge on any atom is -0.490 e. The summed E-state index contributed by atoms with van der Waals surface area (Å²) in [7, 11) is 1.48. The summed E-state index contributed by atoms with van der Waals surface area (Å²) in [6.45, 7) is 6.11. The molecule has 0 fully saturated rings. The van der Waals surface area contributed by atoms with E-state index < -0.39 is 0 Å². The molecule has 4 heteroatoms. The molecule has 0 unspecified atom stereocenters. The number of hydrogen-bond donors (Lipinski definition) is 1. The molecule has 0 aliphatic heterocycles. The number of nitrogens with one attached hydrogen (secondary N) is 1. The van der Waals surface area contributed by atoms with Crippen molar-refractivity contribution in [1.82, 2.24) is 9.97 Å². The Morgan fingerprint density at radius 3 is 2.44 bits per heavy atom. The molecule has 2 aromatic rings. The molecule has 1 aromatic carbocycles. The van der Waals surface area contributed by atoms with Gasteiger partial charge in [-0.1, -0.05) is 6.07 Å². The number of nitrogens with zero attached hydrogens (tertiary/aromatic N) is 1. The lowest BCUT2D eigenvalue weighted by Crippen LogP contribution is -2.11. The van der Waals surface area contributed by atoms with E-state index in [2.05, 4.69) is 23.0 Å². The smallest absolute Gasteiger partial charge is 0.293 e. The Bertz CT molecular complexity index is 645. The number of methoxy groups -OCH3 is 1. The zero-order valence-electron chi connectivity index (χ0n) is 11.0. The normalized spacial score (nSPS) is 10.4. The molecule has 0 amide bonds. The number of aromatic nitrogens is 2. The first-order valence-electron chi connectivity index (χ1n) is 5.74. The van der Waals surface area contributed by atoms with Crippen LogP contribution >= 0.6 is 0 Å². The molecule has 18 heavy (non-hydrogen) atoms. The van der Waals surface area contributed by atoms with Crippen LogP contribution < -0.4 is 10.3 Å². The van der Waals surface area contributed by atoms with Gasteiger partial charge >= 0.3 is 0 Å². The van der Waals surface area contributed by atoms with Gasteiger partial charge in [0.25, 0.3) is 5.56 Å². The van der Waals surface area contributed by atoms with Gasteiger partial charge in [0.2, 0.25) is 5.75 Å². The van der Waals surface area contributed by atoms with Gasteiger partial charge in [0.05, 0.1) is 13.4 Å². The Kier molecular flexibility index (Phi) is 3.19. The minimum absolute atomic E-state index is 0.254. The van der Waals surface area contributed by atoms with Gasteiger partial charge in [-0.05, 0) is 43.5 Å². The first-order chi connectivity index (χ1) is 8.54. The zero-order valence-corrected chi connectivity index (χ0v) is 11.0. The first kappa shape index (κ1) is 12.4. The monoisotopic (exact) mass is 244 g/mol.